The first-order valence-corrected chi connectivity index (χ1v) is 13.8. The van der Waals surface area contributed by atoms with Crippen molar-refractivity contribution in [2.45, 2.75) is 91.5 Å². The average Bonchev–Trinajstić information content (AvgIpc) is 2.85. The molecule has 0 saturated carbocycles. The van der Waals surface area contributed by atoms with E-state index in [1.54, 1.807) is 36.4 Å². The first kappa shape index (κ1) is 31.6. The Morgan fingerprint density at radius 1 is 0.390 bits per heavy atom. The molecule has 3 aromatic rings. The van der Waals surface area contributed by atoms with Gasteiger partial charge in [-0.25, -0.2) is 14.4 Å². The van der Waals surface area contributed by atoms with Crippen LogP contribution in [0.5, 0.6) is 0 Å². The third-order valence-corrected chi connectivity index (χ3v) is 6.29. The van der Waals surface area contributed by atoms with Crippen molar-refractivity contribution in [3.8, 4) is 0 Å². The third-order valence-electron chi connectivity index (χ3n) is 6.29. The third kappa shape index (κ3) is 8.29. The highest BCUT2D eigenvalue weighted by atomic mass is 16.6. The van der Waals surface area contributed by atoms with E-state index in [1.165, 1.54) is 0 Å². The summed E-state index contributed by atoms with van der Waals surface area (Å²) in [6.45, 7) is 18.6. The summed E-state index contributed by atoms with van der Waals surface area (Å²) in [5, 5.41) is 0. The van der Waals surface area contributed by atoms with Crippen molar-refractivity contribution >= 4 is 17.9 Å². The molecule has 0 unspecified atom stereocenters. The number of benzene rings is 3. The van der Waals surface area contributed by atoms with Crippen LogP contribution in [0.3, 0.4) is 0 Å². The molecule has 41 heavy (non-hydrogen) atoms. The van der Waals surface area contributed by atoms with E-state index >= 15 is 0 Å². The summed E-state index contributed by atoms with van der Waals surface area (Å²) in [6.07, 6.45) is 0. The number of hydrogen-bond acceptors (Lipinski definition) is 6. The highest BCUT2D eigenvalue weighted by Gasteiger charge is 2.32. The highest BCUT2D eigenvalue weighted by Crippen LogP contribution is 2.39. The lowest BCUT2D eigenvalue weighted by molar-refractivity contribution is 0.00570. The smallest absolute Gasteiger partial charge is 0.338 e. The molecule has 218 valence electrons. The predicted octanol–water partition coefficient (Wildman–Crippen LogP) is 7.91. The molecule has 3 rings (SSSR count). The maximum atomic E-state index is 12.7. The molecule has 0 aliphatic carbocycles. The Morgan fingerprint density at radius 2 is 0.585 bits per heavy atom. The maximum Gasteiger partial charge on any atom is 0.338 e. The Balaban J connectivity index is 2.06. The minimum absolute atomic E-state index is 0.394. The van der Waals surface area contributed by atoms with Gasteiger partial charge >= 0.3 is 17.9 Å². The van der Waals surface area contributed by atoms with E-state index in [0.717, 1.165) is 16.7 Å². The molecule has 0 aliphatic rings. The van der Waals surface area contributed by atoms with Gasteiger partial charge in [0.15, 0.2) is 0 Å². The molecule has 3 aromatic carbocycles. The van der Waals surface area contributed by atoms with E-state index in [0.29, 0.717) is 16.7 Å². The molecule has 0 aromatic heterocycles. The molecule has 0 bridgehead atoms. The van der Waals surface area contributed by atoms with Crippen molar-refractivity contribution in [2.75, 3.05) is 0 Å². The molecule has 0 heterocycles. The van der Waals surface area contributed by atoms with Crippen LogP contribution in [0.2, 0.25) is 0 Å². The van der Waals surface area contributed by atoms with E-state index in [-0.39, 0.29) is 0 Å². The highest BCUT2D eigenvalue weighted by molar-refractivity contribution is 5.91. The number of carbonyl (C=O) groups is 3. The van der Waals surface area contributed by atoms with Gasteiger partial charge in [-0.2, -0.15) is 0 Å². The lowest BCUT2D eigenvalue weighted by Gasteiger charge is -2.32. The summed E-state index contributed by atoms with van der Waals surface area (Å²) in [7, 11) is 0. The van der Waals surface area contributed by atoms with Gasteiger partial charge in [-0.05, 0) is 122 Å². The summed E-state index contributed by atoms with van der Waals surface area (Å²) in [5.74, 6) is -1.18. The molecular formula is C35H42O6. The van der Waals surface area contributed by atoms with Gasteiger partial charge in [0, 0.05) is 5.41 Å². The fourth-order valence-corrected chi connectivity index (χ4v) is 4.33. The summed E-state index contributed by atoms with van der Waals surface area (Å²) >= 11 is 0. The second kappa shape index (κ2) is 11.5. The molecular weight excluding hydrogens is 516 g/mol. The van der Waals surface area contributed by atoms with Gasteiger partial charge in [-0.1, -0.05) is 36.4 Å². The van der Waals surface area contributed by atoms with Gasteiger partial charge in [0.25, 0.3) is 0 Å². The minimum Gasteiger partial charge on any atom is -0.456 e. The van der Waals surface area contributed by atoms with Crippen LogP contribution in [0.4, 0.5) is 0 Å². The minimum atomic E-state index is -0.689. The number of esters is 3. The van der Waals surface area contributed by atoms with Crippen molar-refractivity contribution in [3.05, 3.63) is 106 Å². The number of ether oxygens (including phenoxy) is 3. The zero-order chi connectivity index (χ0) is 30.8. The van der Waals surface area contributed by atoms with Crippen molar-refractivity contribution in [2.24, 2.45) is 0 Å². The summed E-state index contributed by atoms with van der Waals surface area (Å²) < 4.78 is 16.6. The largest absolute Gasteiger partial charge is 0.456 e. The number of rotatable bonds is 6. The topological polar surface area (TPSA) is 78.9 Å². The quantitative estimate of drug-likeness (QED) is 0.174. The lowest BCUT2D eigenvalue weighted by Crippen LogP contribution is -2.27. The molecule has 0 radical (unpaired) electrons. The Kier molecular flexibility index (Phi) is 8.87. The number of hydrogen-bond donors (Lipinski definition) is 0. The Hall–Kier alpha value is -3.93. The van der Waals surface area contributed by atoms with Crippen molar-refractivity contribution in [1.29, 1.82) is 0 Å². The normalized spacial score (nSPS) is 12.4. The summed E-state index contributed by atoms with van der Waals surface area (Å²) in [5.41, 5.74) is 1.61. The van der Waals surface area contributed by atoms with Gasteiger partial charge in [0.1, 0.15) is 16.8 Å². The molecule has 0 N–H and O–H groups in total. The molecule has 0 saturated heterocycles. The van der Waals surface area contributed by atoms with Crippen LogP contribution in [0.15, 0.2) is 72.8 Å². The standard InChI is InChI=1S/C35H42O6/c1-32(2,3)39-29(36)23-11-17-26(18-12-23)35(10,27-19-13-24(14-20-27)30(37)40-33(4,5)6)28-21-15-25(16-22-28)31(38)41-34(7,8)9/h11-22H,1-10H3. The Morgan fingerprint density at radius 3 is 0.756 bits per heavy atom. The van der Waals surface area contributed by atoms with Crippen LogP contribution < -0.4 is 0 Å². The van der Waals surface area contributed by atoms with Crippen molar-refractivity contribution in [3.63, 3.8) is 0 Å². The maximum absolute atomic E-state index is 12.7. The number of carbonyl (C=O) groups excluding carboxylic acids is 3. The van der Waals surface area contributed by atoms with Crippen LogP contribution in [0, 0.1) is 0 Å². The molecule has 0 amide bonds. The van der Waals surface area contributed by atoms with E-state index in [4.69, 9.17) is 14.2 Å². The SMILES string of the molecule is CC(C)(C)OC(=O)c1ccc(C(C)(c2ccc(C(=O)OC(C)(C)C)cc2)c2ccc(C(=O)OC(C)(C)C)cc2)cc1. The molecule has 0 fully saturated rings. The van der Waals surface area contributed by atoms with Gasteiger partial charge in [0.2, 0.25) is 0 Å². The van der Waals surface area contributed by atoms with E-state index in [1.807, 2.05) is 98.7 Å². The summed E-state index contributed by atoms with van der Waals surface area (Å²) in [4.78, 5) is 38.0. The van der Waals surface area contributed by atoms with Crippen LogP contribution >= 0.6 is 0 Å². The molecule has 6 heteroatoms. The van der Waals surface area contributed by atoms with Crippen LogP contribution in [0.25, 0.3) is 0 Å². The van der Waals surface area contributed by atoms with Gasteiger partial charge in [0.05, 0.1) is 16.7 Å². The van der Waals surface area contributed by atoms with Gasteiger partial charge in [-0.15, -0.1) is 0 Å². The monoisotopic (exact) mass is 558 g/mol. The second-order valence-corrected chi connectivity index (χ2v) is 13.4. The first-order chi connectivity index (χ1) is 18.8. The summed E-state index contributed by atoms with van der Waals surface area (Å²) in [6, 6.07) is 22.0. The van der Waals surface area contributed by atoms with Crippen LogP contribution in [0.1, 0.15) is 117 Å². The van der Waals surface area contributed by atoms with Crippen LogP contribution in [-0.4, -0.2) is 34.7 Å². The van der Waals surface area contributed by atoms with Crippen LogP contribution in [-0.2, 0) is 19.6 Å². The predicted molar refractivity (Wildman–Crippen MR) is 160 cm³/mol. The second-order valence-electron chi connectivity index (χ2n) is 13.4. The molecule has 0 aliphatic heterocycles. The van der Waals surface area contributed by atoms with Crippen molar-refractivity contribution in [1.82, 2.24) is 0 Å². The fourth-order valence-electron chi connectivity index (χ4n) is 4.33. The first-order valence-electron chi connectivity index (χ1n) is 13.8. The van der Waals surface area contributed by atoms with E-state index < -0.39 is 40.1 Å². The molecule has 0 atom stereocenters. The lowest BCUT2D eigenvalue weighted by atomic mass is 9.70. The fraction of sp³-hybridized carbons (Fsp3) is 0.400. The van der Waals surface area contributed by atoms with E-state index in [2.05, 4.69) is 6.92 Å². The van der Waals surface area contributed by atoms with Crippen molar-refractivity contribution < 1.29 is 28.6 Å². The Bertz CT molecular complexity index is 1210. The zero-order valence-corrected chi connectivity index (χ0v) is 25.9. The average molecular weight is 559 g/mol. The molecule has 0 spiro atoms. The molecule has 6 nitrogen and oxygen atoms in total. The van der Waals surface area contributed by atoms with Gasteiger partial charge < -0.3 is 14.2 Å². The zero-order valence-electron chi connectivity index (χ0n) is 25.9. The van der Waals surface area contributed by atoms with E-state index in [9.17, 15) is 14.4 Å². The Labute approximate surface area is 244 Å². The van der Waals surface area contributed by atoms with Gasteiger partial charge in [-0.3, -0.25) is 0 Å².